The van der Waals surface area contributed by atoms with E-state index in [-0.39, 0.29) is 5.82 Å². The number of halogens is 1. The Labute approximate surface area is 216 Å². The van der Waals surface area contributed by atoms with Crippen LogP contribution in [0.5, 0.6) is 0 Å². The fourth-order valence-corrected chi connectivity index (χ4v) is 6.37. The molecule has 0 aliphatic carbocycles. The molecule has 2 aromatic heterocycles. The summed E-state index contributed by atoms with van der Waals surface area (Å²) in [4.78, 5) is 4.70. The number of hydrogen-bond donors (Lipinski definition) is 0. The summed E-state index contributed by atoms with van der Waals surface area (Å²) in [5.41, 5.74) is 8.55. The average Bonchev–Trinajstić information content (AvgIpc) is 3.27. The van der Waals surface area contributed by atoms with Crippen LogP contribution in [0.2, 0.25) is 0 Å². The van der Waals surface area contributed by atoms with Crippen LogP contribution in [0.4, 0.5) is 4.39 Å². The fourth-order valence-electron chi connectivity index (χ4n) is 5.10. The third-order valence-corrected chi connectivity index (χ3v) is 8.22. The molecule has 0 amide bonds. The molecule has 3 heteroatoms. The normalized spacial score (nSPS) is 13.6. The van der Waals surface area contributed by atoms with Crippen molar-refractivity contribution in [2.75, 3.05) is 0 Å². The van der Waals surface area contributed by atoms with Crippen molar-refractivity contribution in [3.8, 4) is 22.4 Å². The van der Waals surface area contributed by atoms with Crippen LogP contribution < -0.4 is 0 Å². The first-order chi connectivity index (χ1) is 17.8. The van der Waals surface area contributed by atoms with E-state index >= 15 is 0 Å². The number of benzene rings is 4. The second-order valence-corrected chi connectivity index (χ2v) is 10.4. The maximum atomic E-state index is 13.5. The van der Waals surface area contributed by atoms with Gasteiger partial charge in [-0.25, -0.2) is 4.39 Å². The Morgan fingerprint density at radius 1 is 0.806 bits per heavy atom. The van der Waals surface area contributed by atoms with E-state index in [0.29, 0.717) is 0 Å². The Balaban J connectivity index is 1.48. The van der Waals surface area contributed by atoms with Gasteiger partial charge >= 0.3 is 0 Å². The van der Waals surface area contributed by atoms with E-state index in [1.807, 2.05) is 19.1 Å². The van der Waals surface area contributed by atoms with E-state index in [2.05, 4.69) is 68.4 Å². The Bertz CT molecular complexity index is 1760. The molecule has 0 spiro atoms. The van der Waals surface area contributed by atoms with Crippen LogP contribution in [0, 0.1) is 19.7 Å². The van der Waals surface area contributed by atoms with E-state index in [9.17, 15) is 4.39 Å². The number of thiophene rings is 1. The summed E-state index contributed by atoms with van der Waals surface area (Å²) in [7, 11) is 0. The quantitative estimate of drug-likeness (QED) is 0.241. The fraction of sp³-hybridized carbons (Fsp3) is 0.121. The van der Waals surface area contributed by atoms with Crippen molar-refractivity contribution in [1.82, 2.24) is 4.98 Å². The molecule has 6 aromatic rings. The zero-order valence-electron chi connectivity index (χ0n) is 21.5. The molecule has 6 rings (SSSR count). The van der Waals surface area contributed by atoms with Crippen molar-refractivity contribution in [3.63, 3.8) is 0 Å². The molecule has 0 saturated carbocycles. The minimum absolute atomic E-state index is 0.299. The Morgan fingerprint density at radius 2 is 1.56 bits per heavy atom. The monoisotopic (exact) mass is 488 g/mol. The highest BCUT2D eigenvalue weighted by atomic mass is 32.1. The lowest BCUT2D eigenvalue weighted by atomic mass is 9.92. The topological polar surface area (TPSA) is 12.9 Å². The summed E-state index contributed by atoms with van der Waals surface area (Å²) in [6.07, 6.45) is 1.77. The number of fused-ring (bicyclic) bond motifs is 3. The first-order valence-corrected chi connectivity index (χ1v) is 12.9. The van der Waals surface area contributed by atoms with E-state index in [1.54, 1.807) is 29.7 Å². The van der Waals surface area contributed by atoms with Crippen molar-refractivity contribution in [3.05, 3.63) is 125 Å². The number of rotatable bonds is 4. The second-order valence-electron chi connectivity index (χ2n) is 9.32. The summed E-state index contributed by atoms with van der Waals surface area (Å²) in [5.74, 6) is -1.33. The molecule has 1 nitrogen and oxygen atoms in total. The third-order valence-electron chi connectivity index (χ3n) is 7.01. The van der Waals surface area contributed by atoms with Crippen molar-refractivity contribution in [2.24, 2.45) is 0 Å². The Kier molecular flexibility index (Phi) is 5.36. The summed E-state index contributed by atoms with van der Waals surface area (Å²) in [5, 5.41) is 2.45. The zero-order chi connectivity index (χ0) is 25.7. The Morgan fingerprint density at radius 3 is 2.33 bits per heavy atom. The SMILES string of the molecule is [2H]C(C)(c1ccc(F)cc1)c1ccnc(-c2cccc3c2sc2cc(-c4c(C)cccc4C)ccc23)c1. The molecule has 0 aliphatic rings. The van der Waals surface area contributed by atoms with Gasteiger partial charge in [0.25, 0.3) is 0 Å². The molecular weight excluding hydrogens is 461 g/mol. The number of pyridine rings is 1. The van der Waals surface area contributed by atoms with Gasteiger partial charge < -0.3 is 0 Å². The van der Waals surface area contributed by atoms with Crippen LogP contribution in [0.25, 0.3) is 42.6 Å². The predicted octanol–water partition coefficient (Wildman–Crippen LogP) is 9.69. The van der Waals surface area contributed by atoms with Gasteiger partial charge in [0.15, 0.2) is 0 Å². The molecule has 176 valence electrons. The Hall–Kier alpha value is -3.82. The molecule has 0 bridgehead atoms. The summed E-state index contributed by atoms with van der Waals surface area (Å²) in [6, 6.07) is 29.6. The van der Waals surface area contributed by atoms with Crippen LogP contribution in [0.3, 0.4) is 0 Å². The molecule has 0 N–H and O–H groups in total. The molecule has 4 aromatic carbocycles. The van der Waals surface area contributed by atoms with Crippen molar-refractivity contribution in [1.29, 1.82) is 0 Å². The molecule has 36 heavy (non-hydrogen) atoms. The lowest BCUT2D eigenvalue weighted by molar-refractivity contribution is 0.626. The van der Waals surface area contributed by atoms with Crippen molar-refractivity contribution >= 4 is 31.5 Å². The molecule has 0 aliphatic heterocycles. The highest BCUT2D eigenvalue weighted by molar-refractivity contribution is 7.26. The molecule has 0 fully saturated rings. The smallest absolute Gasteiger partial charge is 0.123 e. The van der Waals surface area contributed by atoms with E-state index in [4.69, 9.17) is 6.35 Å². The van der Waals surface area contributed by atoms with Crippen LogP contribution in [0.1, 0.15) is 36.4 Å². The van der Waals surface area contributed by atoms with Gasteiger partial charge in [0.1, 0.15) is 5.82 Å². The van der Waals surface area contributed by atoms with Gasteiger partial charge in [-0.1, -0.05) is 67.6 Å². The van der Waals surface area contributed by atoms with E-state index in [1.165, 1.54) is 54.6 Å². The molecule has 2 heterocycles. The number of nitrogens with zero attached hydrogens (tertiary/aromatic N) is 1. The number of aromatic nitrogens is 1. The highest BCUT2D eigenvalue weighted by Crippen LogP contribution is 2.42. The lowest BCUT2D eigenvalue weighted by Gasteiger charge is -2.14. The molecule has 1 unspecified atom stereocenters. The maximum Gasteiger partial charge on any atom is 0.123 e. The van der Waals surface area contributed by atoms with Gasteiger partial charge in [0.05, 0.1) is 5.69 Å². The summed E-state index contributed by atoms with van der Waals surface area (Å²) in [6.45, 7) is 6.18. The number of hydrogen-bond acceptors (Lipinski definition) is 2. The average molecular weight is 489 g/mol. The molecule has 0 radical (unpaired) electrons. The summed E-state index contributed by atoms with van der Waals surface area (Å²) >= 11 is 1.79. The van der Waals surface area contributed by atoms with Crippen LogP contribution in [-0.4, -0.2) is 4.98 Å². The van der Waals surface area contributed by atoms with Crippen molar-refractivity contribution < 1.29 is 5.76 Å². The first-order valence-electron chi connectivity index (χ1n) is 12.6. The van der Waals surface area contributed by atoms with Gasteiger partial charge in [-0.3, -0.25) is 4.98 Å². The maximum absolute atomic E-state index is 13.5. The van der Waals surface area contributed by atoms with Crippen LogP contribution in [0.15, 0.2) is 97.2 Å². The van der Waals surface area contributed by atoms with Gasteiger partial charge in [-0.2, -0.15) is 0 Å². The minimum atomic E-state index is -1.03. The predicted molar refractivity (Wildman–Crippen MR) is 151 cm³/mol. The van der Waals surface area contributed by atoms with Crippen molar-refractivity contribution in [2.45, 2.75) is 26.7 Å². The summed E-state index contributed by atoms with van der Waals surface area (Å²) < 4.78 is 25.0. The molecule has 1 atom stereocenters. The third kappa shape index (κ3) is 3.90. The highest BCUT2D eigenvalue weighted by Gasteiger charge is 2.15. The van der Waals surface area contributed by atoms with Gasteiger partial charge in [-0.05, 0) is 77.6 Å². The van der Waals surface area contributed by atoms with E-state index in [0.717, 1.165) is 22.4 Å². The van der Waals surface area contributed by atoms with Gasteiger partial charge in [0, 0.05) is 39.2 Å². The minimum Gasteiger partial charge on any atom is -0.256 e. The first kappa shape index (κ1) is 21.5. The van der Waals surface area contributed by atoms with Gasteiger partial charge in [-0.15, -0.1) is 11.3 Å². The molecular formula is C33H26FNS. The van der Waals surface area contributed by atoms with Gasteiger partial charge in [0.2, 0.25) is 0 Å². The lowest BCUT2D eigenvalue weighted by Crippen LogP contribution is -1.97. The second kappa shape index (κ2) is 9.00. The standard InChI is InChI=1S/C33H26FNS/c1-20-6-4-7-21(2)32(20)25-12-15-27-28-8-5-9-29(33(28)36-31(27)19-25)30-18-24(16-17-35-30)22(3)23-10-13-26(34)14-11-23/h4-19,22H,1-3H3/i22D. The van der Waals surface area contributed by atoms with Crippen LogP contribution in [-0.2, 0) is 0 Å². The number of aryl methyl sites for hydroxylation is 2. The molecule has 0 saturated heterocycles. The largest absolute Gasteiger partial charge is 0.256 e. The van der Waals surface area contributed by atoms with Crippen LogP contribution >= 0.6 is 11.3 Å². The zero-order valence-corrected chi connectivity index (χ0v) is 21.3. The van der Waals surface area contributed by atoms with E-state index < -0.39 is 5.89 Å².